The third kappa shape index (κ3) is 38.5. The van der Waals surface area contributed by atoms with Crippen molar-refractivity contribution >= 4 is 0 Å². The second-order valence-corrected chi connectivity index (χ2v) is 0.204. The first-order chi connectivity index (χ1) is 2.41. The van der Waals surface area contributed by atoms with Gasteiger partial charge in [0.05, 0.1) is 0 Å². The van der Waals surface area contributed by atoms with Crippen LogP contribution >= 0.6 is 0 Å². The number of hydrogen-bond acceptors (Lipinski definition) is 5. The topological polar surface area (TPSA) is 73.8 Å². The predicted octanol–water partition coefficient (Wildman–Crippen LogP) is -17.6. The van der Waals surface area contributed by atoms with Gasteiger partial charge in [0.2, 0.25) is 0 Å². The quantitative estimate of drug-likeness (QED) is 0.248. The van der Waals surface area contributed by atoms with Crippen molar-refractivity contribution in [2.75, 3.05) is 0 Å². The van der Waals surface area contributed by atoms with Crippen molar-refractivity contribution in [2.45, 2.75) is 0 Å². The van der Waals surface area contributed by atoms with E-state index in [1.807, 2.05) is 0 Å². The van der Waals surface area contributed by atoms with Gasteiger partial charge in [-0.25, -0.2) is 0 Å². The van der Waals surface area contributed by atoms with Gasteiger partial charge in [-0.15, -0.1) is 0 Å². The summed E-state index contributed by atoms with van der Waals surface area (Å²) in [7, 11) is 0. The molecule has 0 atom stereocenters. The SMILES string of the molecule is [Na+].[Na+].[Na+].[Na+].[Na+].[O-]OOO[O-]. The Morgan fingerprint density at radius 3 is 0.800 bits per heavy atom. The Morgan fingerprint density at radius 2 is 0.800 bits per heavy atom. The number of rotatable bonds is 2. The van der Waals surface area contributed by atoms with Crippen molar-refractivity contribution < 1.29 is 173 Å². The molecule has 32 valence electrons. The van der Waals surface area contributed by atoms with E-state index in [4.69, 9.17) is 10.5 Å². The van der Waals surface area contributed by atoms with Crippen molar-refractivity contribution in [2.24, 2.45) is 0 Å². The van der Waals surface area contributed by atoms with Crippen LogP contribution in [0.3, 0.4) is 0 Å². The summed E-state index contributed by atoms with van der Waals surface area (Å²) in [5.41, 5.74) is 0. The molecule has 0 saturated carbocycles. The van der Waals surface area contributed by atoms with Gasteiger partial charge in [-0.2, -0.15) is 0 Å². The van der Waals surface area contributed by atoms with Gasteiger partial charge in [0, 0.05) is 0 Å². The van der Waals surface area contributed by atoms with Crippen LogP contribution in [0.1, 0.15) is 0 Å². The third-order valence-corrected chi connectivity index (χ3v) is 0.0556. The standard InChI is InChI=1S/5Na.H2O5/c;;;;;1-3-5-4-2/h;;;;;1-2H/q5*+1;/p-2. The van der Waals surface area contributed by atoms with Gasteiger partial charge >= 0.3 is 148 Å². The van der Waals surface area contributed by atoms with Gasteiger partial charge in [-0.3, -0.25) is 10.1 Å². The van der Waals surface area contributed by atoms with Crippen LogP contribution in [-0.2, 0) is 15.1 Å². The van der Waals surface area contributed by atoms with Crippen molar-refractivity contribution in [3.05, 3.63) is 0 Å². The largest absolute Gasteiger partial charge is 1.00 e. The molecule has 0 amide bonds. The zero-order valence-corrected chi connectivity index (χ0v) is 17.0. The molecule has 0 aromatic carbocycles. The van der Waals surface area contributed by atoms with Crippen molar-refractivity contribution in [1.29, 1.82) is 0 Å². The van der Waals surface area contributed by atoms with Gasteiger partial charge in [0.1, 0.15) is 0 Å². The third-order valence-electron chi connectivity index (χ3n) is 0.0556. The minimum absolute atomic E-state index is 0. The van der Waals surface area contributed by atoms with E-state index < -0.39 is 0 Å². The van der Waals surface area contributed by atoms with Crippen LogP contribution in [0.15, 0.2) is 0 Å². The second-order valence-electron chi connectivity index (χ2n) is 0.204. The molecule has 0 heterocycles. The van der Waals surface area contributed by atoms with E-state index in [1.165, 1.54) is 0 Å². The first kappa shape index (κ1) is 36.4. The summed E-state index contributed by atoms with van der Waals surface area (Å²) in [5, 5.41) is 24.5. The summed E-state index contributed by atoms with van der Waals surface area (Å²) in [4.78, 5) is 0. The molecular formula is Na5O5+3. The molecule has 0 radical (unpaired) electrons. The summed E-state index contributed by atoms with van der Waals surface area (Å²) >= 11 is 0. The van der Waals surface area contributed by atoms with Crippen LogP contribution in [0.25, 0.3) is 0 Å². The zero-order chi connectivity index (χ0) is 4.12. The van der Waals surface area contributed by atoms with E-state index in [9.17, 15) is 0 Å². The molecule has 0 aromatic heterocycles. The molecule has 10 heteroatoms. The molecule has 0 aliphatic rings. The average molecular weight is 195 g/mol. The predicted molar refractivity (Wildman–Crippen MR) is 3.25 cm³/mol. The first-order valence-electron chi connectivity index (χ1n) is 0.667. The maximum atomic E-state index is 8.48. The van der Waals surface area contributed by atoms with Crippen molar-refractivity contribution in [3.63, 3.8) is 0 Å². The van der Waals surface area contributed by atoms with E-state index in [0.717, 1.165) is 0 Å². The molecule has 0 saturated heterocycles. The molecule has 0 unspecified atom stereocenters. The fraction of sp³-hybridized carbons (Fsp3) is 0. The summed E-state index contributed by atoms with van der Waals surface area (Å²) in [6, 6.07) is 0. The summed E-state index contributed by atoms with van der Waals surface area (Å²) in [5.74, 6) is 0. The van der Waals surface area contributed by atoms with Gasteiger partial charge in [-0.1, -0.05) is 5.04 Å². The van der Waals surface area contributed by atoms with E-state index in [1.54, 1.807) is 0 Å². The van der Waals surface area contributed by atoms with E-state index >= 15 is 0 Å². The molecule has 0 fully saturated rings. The summed E-state index contributed by atoms with van der Waals surface area (Å²) in [6.45, 7) is 0. The summed E-state index contributed by atoms with van der Waals surface area (Å²) < 4.78 is 0. The Bertz CT molecular complexity index is 17.5. The normalized spacial score (nSPS) is 4.20. The molecule has 0 N–H and O–H groups in total. The average Bonchev–Trinajstić information content (AvgIpc) is 1.41. The number of hydrogen-bond donors (Lipinski definition) is 0. The molecule has 0 spiro atoms. The fourth-order valence-corrected chi connectivity index (χ4v) is 0.0113. The monoisotopic (exact) mass is 195 g/mol. The Morgan fingerprint density at radius 1 is 0.600 bits per heavy atom. The van der Waals surface area contributed by atoms with Crippen molar-refractivity contribution in [3.8, 4) is 0 Å². The molecule has 0 aliphatic carbocycles. The van der Waals surface area contributed by atoms with Crippen molar-refractivity contribution in [1.82, 2.24) is 0 Å². The molecule has 5 nitrogen and oxygen atoms in total. The molecule has 0 aliphatic heterocycles. The van der Waals surface area contributed by atoms with Crippen LogP contribution in [0.4, 0.5) is 0 Å². The molecule has 0 aromatic rings. The molecule has 10 heavy (non-hydrogen) atoms. The van der Waals surface area contributed by atoms with Crippen LogP contribution in [0, 0.1) is 0 Å². The Labute approximate surface area is 169 Å². The second kappa shape index (κ2) is 37.2. The summed E-state index contributed by atoms with van der Waals surface area (Å²) in [6.07, 6.45) is 0. The Balaban J connectivity index is -0.00000000800. The van der Waals surface area contributed by atoms with Gasteiger partial charge in [0.25, 0.3) is 0 Å². The van der Waals surface area contributed by atoms with Crippen LogP contribution in [0.5, 0.6) is 0 Å². The zero-order valence-electron chi connectivity index (χ0n) is 7.04. The molecule has 0 bridgehead atoms. The van der Waals surface area contributed by atoms with E-state index in [0.29, 0.717) is 0 Å². The first-order valence-corrected chi connectivity index (χ1v) is 0.667. The van der Waals surface area contributed by atoms with Gasteiger partial charge in [0.15, 0.2) is 0 Å². The smallest absolute Gasteiger partial charge is 0.690 e. The van der Waals surface area contributed by atoms with E-state index in [2.05, 4.69) is 15.1 Å². The van der Waals surface area contributed by atoms with Crippen LogP contribution < -0.4 is 158 Å². The minimum atomic E-state index is 0. The maximum Gasteiger partial charge on any atom is 1.00 e. The van der Waals surface area contributed by atoms with Gasteiger partial charge in [-0.05, 0) is 0 Å². The Hall–Kier alpha value is 4.80. The fourth-order valence-electron chi connectivity index (χ4n) is 0.0113. The minimum Gasteiger partial charge on any atom is -0.690 e. The Kier molecular flexibility index (Phi) is 135. The molecular weight excluding hydrogens is 195 g/mol. The maximum absolute atomic E-state index is 8.48. The van der Waals surface area contributed by atoms with E-state index in [-0.39, 0.29) is 148 Å². The molecule has 0 rings (SSSR count). The van der Waals surface area contributed by atoms with Gasteiger partial charge < -0.3 is 10.5 Å². The van der Waals surface area contributed by atoms with Crippen LogP contribution in [-0.4, -0.2) is 0 Å². The van der Waals surface area contributed by atoms with Crippen LogP contribution in [0.2, 0.25) is 0 Å².